The van der Waals surface area contributed by atoms with Crippen LogP contribution in [-0.2, 0) is 16.0 Å². The molecule has 1 amide bonds. The number of rotatable bonds is 4. The topological polar surface area (TPSA) is 119 Å². The van der Waals surface area contributed by atoms with Crippen molar-refractivity contribution >= 4 is 5.91 Å². The van der Waals surface area contributed by atoms with Crippen molar-refractivity contribution in [1.82, 2.24) is 5.32 Å². The predicted octanol–water partition coefficient (Wildman–Crippen LogP) is -1.85. The van der Waals surface area contributed by atoms with E-state index in [1.807, 2.05) is 6.07 Å². The van der Waals surface area contributed by atoms with Crippen LogP contribution in [0, 0.1) is 0 Å². The highest BCUT2D eigenvalue weighted by Crippen LogP contribution is 2.19. The summed E-state index contributed by atoms with van der Waals surface area (Å²) in [5, 5.41) is 40.8. The summed E-state index contributed by atoms with van der Waals surface area (Å²) in [5.41, 5.74) is 0.782. The summed E-state index contributed by atoms with van der Waals surface area (Å²) >= 11 is 0. The molecule has 7 nitrogen and oxygen atoms in total. The number of carbonyl (C=O) groups is 1. The fourth-order valence-corrected chi connectivity index (χ4v) is 2.27. The third kappa shape index (κ3) is 3.78. The Morgan fingerprint density at radius 1 is 1.14 bits per heavy atom. The highest BCUT2D eigenvalue weighted by molar-refractivity contribution is 5.79. The fourth-order valence-electron chi connectivity index (χ4n) is 2.27. The number of amides is 1. The maximum absolute atomic E-state index is 11.9. The van der Waals surface area contributed by atoms with Crippen LogP contribution in [0.25, 0.3) is 0 Å². The van der Waals surface area contributed by atoms with Crippen molar-refractivity contribution in [1.29, 1.82) is 0 Å². The van der Waals surface area contributed by atoms with Gasteiger partial charge in [-0.15, -0.1) is 0 Å². The quantitative estimate of drug-likeness (QED) is 0.445. The van der Waals surface area contributed by atoms with Gasteiger partial charge in [0.25, 0.3) is 0 Å². The minimum atomic E-state index is -1.50. The fraction of sp³-hybridized carbons (Fsp3) is 0.500. The predicted molar refractivity (Wildman–Crippen MR) is 72.1 cm³/mol. The Balaban J connectivity index is 1.96. The molecular formula is C14H19NO6. The molecule has 1 heterocycles. The zero-order chi connectivity index (χ0) is 15.4. The monoisotopic (exact) mass is 297 g/mol. The largest absolute Gasteiger partial charge is 0.394 e. The Morgan fingerprint density at radius 2 is 1.81 bits per heavy atom. The van der Waals surface area contributed by atoms with Crippen LogP contribution in [0.3, 0.4) is 0 Å². The molecule has 1 aromatic rings. The lowest BCUT2D eigenvalue weighted by Crippen LogP contribution is -2.64. The molecule has 7 heteroatoms. The van der Waals surface area contributed by atoms with Crippen molar-refractivity contribution in [2.75, 3.05) is 6.61 Å². The first-order valence-electron chi connectivity index (χ1n) is 6.66. The summed E-state index contributed by atoms with van der Waals surface area (Å²) in [6.07, 6.45) is -5.32. The Morgan fingerprint density at radius 3 is 2.43 bits per heavy atom. The van der Waals surface area contributed by atoms with E-state index in [9.17, 15) is 20.1 Å². The second-order valence-corrected chi connectivity index (χ2v) is 4.98. The number of ether oxygens (including phenoxy) is 1. The lowest BCUT2D eigenvalue weighted by molar-refractivity contribution is -0.253. The zero-order valence-electron chi connectivity index (χ0n) is 11.3. The molecule has 0 aliphatic carbocycles. The molecule has 1 unspecified atom stereocenters. The van der Waals surface area contributed by atoms with Crippen molar-refractivity contribution in [3.05, 3.63) is 35.9 Å². The first-order chi connectivity index (χ1) is 10.0. The van der Waals surface area contributed by atoms with E-state index in [-0.39, 0.29) is 6.42 Å². The van der Waals surface area contributed by atoms with Gasteiger partial charge in [-0.05, 0) is 5.56 Å². The van der Waals surface area contributed by atoms with Gasteiger partial charge in [0.1, 0.15) is 24.4 Å². The summed E-state index contributed by atoms with van der Waals surface area (Å²) in [6.45, 7) is -0.542. The molecule has 5 atom stereocenters. The van der Waals surface area contributed by atoms with Crippen molar-refractivity contribution in [3.63, 3.8) is 0 Å². The summed E-state index contributed by atoms with van der Waals surface area (Å²) < 4.78 is 4.96. The molecular weight excluding hydrogens is 278 g/mol. The molecule has 1 fully saturated rings. The zero-order valence-corrected chi connectivity index (χ0v) is 11.3. The lowest BCUT2D eigenvalue weighted by Gasteiger charge is -2.40. The number of nitrogens with one attached hydrogen (secondary N) is 1. The van der Waals surface area contributed by atoms with Gasteiger partial charge in [-0.1, -0.05) is 30.3 Å². The van der Waals surface area contributed by atoms with E-state index in [0.29, 0.717) is 0 Å². The minimum absolute atomic E-state index is 0.0797. The van der Waals surface area contributed by atoms with Gasteiger partial charge in [-0.3, -0.25) is 4.79 Å². The standard InChI is InChI=1S/C14H19NO6/c16-7-9-12(18)13(19)11(14(20)21-9)15-10(17)6-8-4-2-1-3-5-8/h1-5,9,11-14,16,18-20H,6-7H2,(H,15,17)/t9-,11+,12-,13-,14?/m1/s1. The summed E-state index contributed by atoms with van der Waals surface area (Å²) in [4.78, 5) is 11.9. The highest BCUT2D eigenvalue weighted by atomic mass is 16.6. The van der Waals surface area contributed by atoms with E-state index in [1.54, 1.807) is 24.3 Å². The molecule has 2 rings (SSSR count). The van der Waals surface area contributed by atoms with Crippen molar-refractivity contribution < 1.29 is 30.0 Å². The Bertz CT molecular complexity index is 468. The van der Waals surface area contributed by atoms with Crippen LogP contribution in [0.5, 0.6) is 0 Å². The molecule has 0 saturated carbocycles. The van der Waals surface area contributed by atoms with Gasteiger partial charge in [-0.2, -0.15) is 0 Å². The molecule has 116 valence electrons. The van der Waals surface area contributed by atoms with E-state index in [0.717, 1.165) is 5.56 Å². The smallest absolute Gasteiger partial charge is 0.224 e. The average Bonchev–Trinajstić information content (AvgIpc) is 2.48. The second-order valence-electron chi connectivity index (χ2n) is 4.98. The van der Waals surface area contributed by atoms with E-state index < -0.39 is 43.2 Å². The van der Waals surface area contributed by atoms with Crippen LogP contribution in [-0.4, -0.2) is 63.6 Å². The van der Waals surface area contributed by atoms with Gasteiger partial charge < -0.3 is 30.5 Å². The van der Waals surface area contributed by atoms with E-state index >= 15 is 0 Å². The Labute approximate surface area is 121 Å². The maximum atomic E-state index is 11.9. The number of hydrogen-bond acceptors (Lipinski definition) is 6. The second kappa shape index (κ2) is 6.97. The molecule has 0 spiro atoms. The van der Waals surface area contributed by atoms with Crippen molar-refractivity contribution in [3.8, 4) is 0 Å². The molecule has 1 aromatic carbocycles. The normalized spacial score (nSPS) is 32.7. The molecule has 1 aliphatic rings. The summed E-state index contributed by atoms with van der Waals surface area (Å²) in [5.74, 6) is -0.414. The van der Waals surface area contributed by atoms with Crippen LogP contribution < -0.4 is 5.32 Å². The van der Waals surface area contributed by atoms with Gasteiger partial charge >= 0.3 is 0 Å². The first kappa shape index (κ1) is 15.9. The summed E-state index contributed by atoms with van der Waals surface area (Å²) in [7, 11) is 0. The third-order valence-electron chi connectivity index (χ3n) is 3.44. The lowest BCUT2D eigenvalue weighted by atomic mass is 9.97. The molecule has 1 aliphatic heterocycles. The van der Waals surface area contributed by atoms with Crippen LogP contribution in [0.1, 0.15) is 5.56 Å². The molecule has 0 aromatic heterocycles. The number of carbonyl (C=O) groups excluding carboxylic acids is 1. The third-order valence-corrected chi connectivity index (χ3v) is 3.44. The van der Waals surface area contributed by atoms with E-state index in [2.05, 4.69) is 5.32 Å². The van der Waals surface area contributed by atoms with Gasteiger partial charge in [0.2, 0.25) is 5.91 Å². The van der Waals surface area contributed by atoms with Gasteiger partial charge in [0.05, 0.1) is 13.0 Å². The number of benzene rings is 1. The SMILES string of the molecule is O=C(Cc1ccccc1)N[C@@H]1C(O)O[C@H](CO)[C@@H](O)[C@@H]1O. The molecule has 0 bridgehead atoms. The Hall–Kier alpha value is -1.51. The molecule has 1 saturated heterocycles. The van der Waals surface area contributed by atoms with Crippen LogP contribution in [0.2, 0.25) is 0 Å². The average molecular weight is 297 g/mol. The van der Waals surface area contributed by atoms with Crippen LogP contribution in [0.15, 0.2) is 30.3 Å². The molecule has 0 radical (unpaired) electrons. The highest BCUT2D eigenvalue weighted by Gasteiger charge is 2.44. The van der Waals surface area contributed by atoms with Gasteiger partial charge in [-0.25, -0.2) is 0 Å². The van der Waals surface area contributed by atoms with Crippen LogP contribution >= 0.6 is 0 Å². The van der Waals surface area contributed by atoms with E-state index in [4.69, 9.17) is 9.84 Å². The van der Waals surface area contributed by atoms with Crippen molar-refractivity contribution in [2.24, 2.45) is 0 Å². The maximum Gasteiger partial charge on any atom is 0.224 e. The number of aliphatic hydroxyl groups is 4. The minimum Gasteiger partial charge on any atom is -0.394 e. The van der Waals surface area contributed by atoms with E-state index in [1.165, 1.54) is 0 Å². The van der Waals surface area contributed by atoms with Gasteiger partial charge in [0, 0.05) is 0 Å². The van der Waals surface area contributed by atoms with Gasteiger partial charge in [0.15, 0.2) is 6.29 Å². The number of aliphatic hydroxyl groups excluding tert-OH is 4. The first-order valence-corrected chi connectivity index (χ1v) is 6.66. The molecule has 5 N–H and O–H groups in total. The van der Waals surface area contributed by atoms with Crippen molar-refractivity contribution in [2.45, 2.75) is 37.1 Å². The Kier molecular flexibility index (Phi) is 5.27. The molecule has 21 heavy (non-hydrogen) atoms. The number of hydrogen-bond donors (Lipinski definition) is 5. The summed E-state index contributed by atoms with van der Waals surface area (Å²) in [6, 6.07) is 7.83. The van der Waals surface area contributed by atoms with Crippen LogP contribution in [0.4, 0.5) is 0 Å².